The fraction of sp³-hybridized carbons (Fsp3) is 0.421. The second-order valence-electron chi connectivity index (χ2n) is 6.71. The molecule has 2 aromatic rings. The number of hydrogen-bond donors (Lipinski definition) is 2. The van der Waals surface area contributed by atoms with Crippen LogP contribution in [0.4, 0.5) is 11.5 Å². The number of carbonyl (C=O) groups is 1. The van der Waals surface area contributed by atoms with E-state index in [0.717, 1.165) is 23.4 Å². The van der Waals surface area contributed by atoms with Crippen molar-refractivity contribution >= 4 is 17.4 Å². The van der Waals surface area contributed by atoms with Crippen LogP contribution in [0.25, 0.3) is 0 Å². The molecule has 1 amide bonds. The highest BCUT2D eigenvalue weighted by molar-refractivity contribution is 6.04. The van der Waals surface area contributed by atoms with Gasteiger partial charge in [-0.15, -0.1) is 0 Å². The largest absolute Gasteiger partial charge is 0.370 e. The minimum atomic E-state index is -0.221. The van der Waals surface area contributed by atoms with Crippen molar-refractivity contribution in [1.82, 2.24) is 9.97 Å². The van der Waals surface area contributed by atoms with Gasteiger partial charge in [-0.3, -0.25) is 4.79 Å². The monoisotopic (exact) mass is 326 g/mol. The topological polar surface area (TPSA) is 66.9 Å². The van der Waals surface area contributed by atoms with Gasteiger partial charge in [-0.1, -0.05) is 45.9 Å². The number of nitrogens with one attached hydrogen (secondary N) is 2. The average molecular weight is 326 g/mol. The van der Waals surface area contributed by atoms with E-state index in [0.29, 0.717) is 23.3 Å². The van der Waals surface area contributed by atoms with Crippen LogP contribution in [0.2, 0.25) is 0 Å². The van der Waals surface area contributed by atoms with E-state index < -0.39 is 0 Å². The number of rotatable bonds is 6. The third-order valence-corrected chi connectivity index (χ3v) is 3.76. The molecule has 0 spiro atoms. The zero-order valence-corrected chi connectivity index (χ0v) is 15.1. The Morgan fingerprint density at radius 3 is 2.58 bits per heavy atom. The fourth-order valence-electron chi connectivity index (χ4n) is 2.41. The van der Waals surface area contributed by atoms with Crippen molar-refractivity contribution in [3.05, 3.63) is 47.4 Å². The van der Waals surface area contributed by atoms with Crippen LogP contribution >= 0.6 is 0 Å². The van der Waals surface area contributed by atoms with Crippen molar-refractivity contribution in [3.8, 4) is 0 Å². The molecule has 1 heterocycles. The van der Waals surface area contributed by atoms with Crippen LogP contribution < -0.4 is 10.6 Å². The highest BCUT2D eigenvalue weighted by Crippen LogP contribution is 2.27. The summed E-state index contributed by atoms with van der Waals surface area (Å²) in [4.78, 5) is 20.9. The second kappa shape index (κ2) is 7.90. The Morgan fingerprint density at radius 2 is 1.92 bits per heavy atom. The molecule has 0 saturated carbocycles. The Bertz CT molecular complexity index is 710. The average Bonchev–Trinajstić information content (AvgIpc) is 2.54. The summed E-state index contributed by atoms with van der Waals surface area (Å²) in [5.41, 5.74) is 3.39. The van der Waals surface area contributed by atoms with E-state index in [2.05, 4.69) is 48.3 Å². The normalized spacial score (nSPS) is 11.0. The van der Waals surface area contributed by atoms with Crippen LogP contribution in [0.1, 0.15) is 55.2 Å². The smallest absolute Gasteiger partial charge is 0.274 e. The van der Waals surface area contributed by atoms with Crippen molar-refractivity contribution in [3.63, 3.8) is 0 Å². The van der Waals surface area contributed by atoms with E-state index in [-0.39, 0.29) is 5.91 Å². The molecule has 2 N–H and O–H groups in total. The van der Waals surface area contributed by atoms with E-state index in [4.69, 9.17) is 0 Å². The van der Waals surface area contributed by atoms with E-state index in [1.165, 1.54) is 6.33 Å². The zero-order valence-electron chi connectivity index (χ0n) is 15.1. The highest BCUT2D eigenvalue weighted by Gasteiger charge is 2.15. The van der Waals surface area contributed by atoms with E-state index >= 15 is 0 Å². The van der Waals surface area contributed by atoms with Gasteiger partial charge >= 0.3 is 0 Å². The minimum Gasteiger partial charge on any atom is -0.370 e. The Kier molecular flexibility index (Phi) is 5.90. The first-order valence-corrected chi connectivity index (χ1v) is 8.35. The number of anilines is 2. The van der Waals surface area contributed by atoms with Crippen LogP contribution in [0.3, 0.4) is 0 Å². The maximum atomic E-state index is 12.6. The van der Waals surface area contributed by atoms with Crippen molar-refractivity contribution in [2.75, 3.05) is 17.2 Å². The SMILES string of the molecule is Cc1cccc(C(C)C)c1NC(=O)c1cc(NCC(C)C)ncn1. The summed E-state index contributed by atoms with van der Waals surface area (Å²) in [6.07, 6.45) is 1.42. The standard InChI is InChI=1S/C19H26N4O/c1-12(2)10-20-17-9-16(21-11-22-17)19(24)23-18-14(5)7-6-8-15(18)13(3)4/h6-9,11-13H,10H2,1-5H3,(H,23,24)(H,20,21,22). The highest BCUT2D eigenvalue weighted by atomic mass is 16.1. The molecule has 0 bridgehead atoms. The van der Waals surface area contributed by atoms with Crippen LogP contribution in [0.15, 0.2) is 30.6 Å². The first-order chi connectivity index (χ1) is 11.4. The molecular weight excluding hydrogens is 300 g/mol. The molecule has 1 aromatic heterocycles. The molecule has 0 radical (unpaired) electrons. The van der Waals surface area contributed by atoms with Crippen LogP contribution in [-0.2, 0) is 0 Å². The molecule has 0 unspecified atom stereocenters. The molecule has 0 aliphatic rings. The van der Waals surface area contributed by atoms with Crippen LogP contribution in [0.5, 0.6) is 0 Å². The molecule has 5 heteroatoms. The number of para-hydroxylation sites is 1. The Morgan fingerprint density at radius 1 is 1.17 bits per heavy atom. The molecule has 0 fully saturated rings. The molecule has 1 aromatic carbocycles. The summed E-state index contributed by atoms with van der Waals surface area (Å²) >= 11 is 0. The number of nitrogens with zero attached hydrogens (tertiary/aromatic N) is 2. The van der Waals surface area contributed by atoms with Gasteiger partial charge in [0.05, 0.1) is 0 Å². The number of carbonyl (C=O) groups excluding carboxylic acids is 1. The molecule has 2 rings (SSSR count). The maximum absolute atomic E-state index is 12.6. The summed E-state index contributed by atoms with van der Waals surface area (Å²) in [6, 6.07) is 7.74. The molecular formula is C19H26N4O. The van der Waals surface area contributed by atoms with Crippen LogP contribution in [-0.4, -0.2) is 22.4 Å². The number of aromatic nitrogens is 2. The van der Waals surface area contributed by atoms with Gasteiger partial charge in [-0.2, -0.15) is 0 Å². The minimum absolute atomic E-state index is 0.221. The van der Waals surface area contributed by atoms with E-state index in [9.17, 15) is 4.79 Å². The van der Waals surface area contributed by atoms with E-state index in [1.807, 2.05) is 25.1 Å². The number of amides is 1. The van der Waals surface area contributed by atoms with Gasteiger partial charge in [0.25, 0.3) is 5.91 Å². The van der Waals surface area contributed by atoms with Gasteiger partial charge in [0.15, 0.2) is 0 Å². The predicted molar refractivity (Wildman–Crippen MR) is 98.6 cm³/mol. The molecule has 24 heavy (non-hydrogen) atoms. The third-order valence-electron chi connectivity index (χ3n) is 3.76. The lowest BCUT2D eigenvalue weighted by atomic mass is 9.98. The lowest BCUT2D eigenvalue weighted by Gasteiger charge is -2.16. The Labute approximate surface area is 143 Å². The first-order valence-electron chi connectivity index (χ1n) is 8.35. The van der Waals surface area contributed by atoms with Gasteiger partial charge in [-0.25, -0.2) is 9.97 Å². The van der Waals surface area contributed by atoms with Crippen molar-refractivity contribution in [1.29, 1.82) is 0 Å². The molecule has 5 nitrogen and oxygen atoms in total. The summed E-state index contributed by atoms with van der Waals surface area (Å²) in [5, 5.41) is 6.22. The fourth-order valence-corrected chi connectivity index (χ4v) is 2.41. The lowest BCUT2D eigenvalue weighted by molar-refractivity contribution is 0.102. The van der Waals surface area contributed by atoms with E-state index in [1.54, 1.807) is 6.07 Å². The van der Waals surface area contributed by atoms with Gasteiger partial charge < -0.3 is 10.6 Å². The van der Waals surface area contributed by atoms with Crippen molar-refractivity contribution < 1.29 is 4.79 Å². The van der Waals surface area contributed by atoms with Gasteiger partial charge in [0.1, 0.15) is 17.8 Å². The van der Waals surface area contributed by atoms with Crippen LogP contribution in [0, 0.1) is 12.8 Å². The maximum Gasteiger partial charge on any atom is 0.274 e. The molecule has 0 atom stereocenters. The van der Waals surface area contributed by atoms with Gasteiger partial charge in [0.2, 0.25) is 0 Å². The third kappa shape index (κ3) is 4.54. The Hall–Kier alpha value is -2.43. The number of benzene rings is 1. The molecule has 0 saturated heterocycles. The number of aryl methyl sites for hydroxylation is 1. The summed E-state index contributed by atoms with van der Waals surface area (Å²) < 4.78 is 0. The van der Waals surface area contributed by atoms with Gasteiger partial charge in [-0.05, 0) is 29.9 Å². The van der Waals surface area contributed by atoms with Gasteiger partial charge in [0, 0.05) is 18.3 Å². The Balaban J connectivity index is 2.20. The first kappa shape index (κ1) is 17.9. The molecule has 0 aliphatic heterocycles. The number of hydrogen-bond acceptors (Lipinski definition) is 4. The summed E-state index contributed by atoms with van der Waals surface area (Å²) in [7, 11) is 0. The zero-order chi connectivity index (χ0) is 17.7. The lowest BCUT2D eigenvalue weighted by Crippen LogP contribution is -2.17. The van der Waals surface area contributed by atoms with Crippen molar-refractivity contribution in [2.45, 2.75) is 40.5 Å². The second-order valence-corrected chi connectivity index (χ2v) is 6.71. The molecule has 0 aliphatic carbocycles. The summed E-state index contributed by atoms with van der Waals surface area (Å²) in [5.74, 6) is 1.27. The quantitative estimate of drug-likeness (QED) is 0.833. The predicted octanol–water partition coefficient (Wildman–Crippen LogP) is 4.23. The molecule has 128 valence electrons. The summed E-state index contributed by atoms with van der Waals surface area (Å²) in [6.45, 7) is 11.3. The van der Waals surface area contributed by atoms with Crippen molar-refractivity contribution in [2.24, 2.45) is 5.92 Å².